The Bertz CT molecular complexity index is 461. The van der Waals surface area contributed by atoms with Crippen LogP contribution >= 0.6 is 11.8 Å². The Hall–Kier alpha value is -1.08. The van der Waals surface area contributed by atoms with Crippen LogP contribution in [0.2, 0.25) is 0 Å². The molecule has 0 amide bonds. The van der Waals surface area contributed by atoms with Gasteiger partial charge in [-0.05, 0) is 31.7 Å². The van der Waals surface area contributed by atoms with Crippen molar-refractivity contribution in [2.24, 2.45) is 13.0 Å². The molecule has 0 spiro atoms. The van der Waals surface area contributed by atoms with Crippen LogP contribution in [0.25, 0.3) is 0 Å². The van der Waals surface area contributed by atoms with E-state index in [4.69, 9.17) is 4.74 Å². The van der Waals surface area contributed by atoms with E-state index in [-0.39, 0.29) is 5.97 Å². The van der Waals surface area contributed by atoms with Crippen molar-refractivity contribution in [3.05, 3.63) is 6.33 Å². The first-order valence-corrected chi connectivity index (χ1v) is 7.93. The van der Waals surface area contributed by atoms with Crippen molar-refractivity contribution in [1.29, 1.82) is 0 Å². The quantitative estimate of drug-likeness (QED) is 0.575. The van der Waals surface area contributed by atoms with Crippen molar-refractivity contribution in [3.63, 3.8) is 0 Å². The maximum absolute atomic E-state index is 12.3. The van der Waals surface area contributed by atoms with E-state index in [1.54, 1.807) is 16.4 Å². The normalized spacial score (nSPS) is 17.8. The maximum atomic E-state index is 12.3. The molecule has 1 aliphatic carbocycles. The summed E-state index contributed by atoms with van der Waals surface area (Å²) in [6, 6.07) is 0. The molecule has 0 bridgehead atoms. The zero-order chi connectivity index (χ0) is 14.6. The van der Waals surface area contributed by atoms with Gasteiger partial charge in [-0.25, -0.2) is 9.67 Å². The van der Waals surface area contributed by atoms with Crippen molar-refractivity contribution in [2.75, 3.05) is 19.4 Å². The Morgan fingerprint density at radius 2 is 2.40 bits per heavy atom. The number of ether oxygens (including phenoxy) is 1. The highest BCUT2D eigenvalue weighted by molar-refractivity contribution is 7.99. The largest absolute Gasteiger partial charge is 0.468 e. The summed E-state index contributed by atoms with van der Waals surface area (Å²) < 4.78 is 6.78. The molecular weight excluding hydrogens is 276 g/mol. The number of aryl methyl sites for hydroxylation is 1. The third kappa shape index (κ3) is 3.15. The van der Waals surface area contributed by atoms with Gasteiger partial charge >= 0.3 is 5.97 Å². The number of carbonyl (C=O) groups excluding carboxylic acids is 1. The fourth-order valence-electron chi connectivity index (χ4n) is 2.31. The van der Waals surface area contributed by atoms with Crippen molar-refractivity contribution >= 4 is 17.7 Å². The topological polar surface area (TPSA) is 69.0 Å². The van der Waals surface area contributed by atoms with Gasteiger partial charge in [-0.1, -0.05) is 18.7 Å². The third-order valence-electron chi connectivity index (χ3n) is 3.61. The number of hydrogen-bond donors (Lipinski definition) is 1. The van der Waals surface area contributed by atoms with Crippen molar-refractivity contribution in [1.82, 2.24) is 20.1 Å². The predicted octanol–water partition coefficient (Wildman–Crippen LogP) is 1.23. The monoisotopic (exact) mass is 298 g/mol. The number of methoxy groups -OCH3 is 1. The van der Waals surface area contributed by atoms with Crippen LogP contribution in [0.4, 0.5) is 0 Å². The highest BCUT2D eigenvalue weighted by Gasteiger charge is 2.51. The van der Waals surface area contributed by atoms with Crippen LogP contribution in [0, 0.1) is 5.92 Å². The molecule has 1 fully saturated rings. The highest BCUT2D eigenvalue weighted by atomic mass is 32.2. The van der Waals surface area contributed by atoms with Crippen LogP contribution in [0.3, 0.4) is 0 Å². The Balaban J connectivity index is 2.12. The van der Waals surface area contributed by atoms with E-state index >= 15 is 0 Å². The molecule has 6 nitrogen and oxygen atoms in total. The fraction of sp³-hybridized carbons (Fsp3) is 0.769. The van der Waals surface area contributed by atoms with E-state index in [9.17, 15) is 4.79 Å². The highest BCUT2D eigenvalue weighted by Crippen LogP contribution is 2.43. The summed E-state index contributed by atoms with van der Waals surface area (Å²) in [4.78, 5) is 16.5. The second-order valence-corrected chi connectivity index (χ2v) is 6.06. The first-order valence-electron chi connectivity index (χ1n) is 6.94. The summed E-state index contributed by atoms with van der Waals surface area (Å²) in [6.07, 6.45) is 4.66. The molecule has 1 aromatic rings. The van der Waals surface area contributed by atoms with Gasteiger partial charge in [-0.3, -0.25) is 4.79 Å². The zero-order valence-corrected chi connectivity index (χ0v) is 13.1. The van der Waals surface area contributed by atoms with Gasteiger partial charge in [0.05, 0.1) is 7.11 Å². The molecule has 0 radical (unpaired) electrons. The fourth-order valence-corrected chi connectivity index (χ4v) is 3.48. The standard InChI is InChI=1S/C13H22N4O2S/c1-4-7-15-13(10-5-6-10,11(18)19-3)8-20-12-14-9-16-17(12)2/h9-10,15H,4-8H2,1-3H3. The van der Waals surface area contributed by atoms with Crippen LogP contribution in [-0.4, -0.2) is 45.7 Å². The first kappa shape index (κ1) is 15.3. The van der Waals surface area contributed by atoms with E-state index in [0.29, 0.717) is 11.7 Å². The van der Waals surface area contributed by atoms with Gasteiger partial charge < -0.3 is 10.1 Å². The molecule has 112 valence electrons. The molecule has 1 unspecified atom stereocenters. The Morgan fingerprint density at radius 3 is 2.90 bits per heavy atom. The second kappa shape index (κ2) is 6.58. The molecule has 1 heterocycles. The van der Waals surface area contributed by atoms with Gasteiger partial charge in [0.1, 0.15) is 11.9 Å². The van der Waals surface area contributed by atoms with E-state index in [0.717, 1.165) is 31.0 Å². The summed E-state index contributed by atoms with van der Waals surface area (Å²) >= 11 is 1.55. The minimum absolute atomic E-state index is 0.164. The Kier molecular flexibility index (Phi) is 5.04. The average Bonchev–Trinajstić information content (AvgIpc) is 3.23. The van der Waals surface area contributed by atoms with Crippen molar-refractivity contribution in [3.8, 4) is 0 Å². The van der Waals surface area contributed by atoms with Gasteiger partial charge in [0, 0.05) is 12.8 Å². The van der Waals surface area contributed by atoms with Crippen LogP contribution in [0.15, 0.2) is 11.5 Å². The van der Waals surface area contributed by atoms with Crippen LogP contribution in [0.1, 0.15) is 26.2 Å². The van der Waals surface area contributed by atoms with Gasteiger partial charge in [0.25, 0.3) is 0 Å². The molecule has 0 saturated heterocycles. The lowest BCUT2D eigenvalue weighted by Crippen LogP contribution is -2.57. The zero-order valence-electron chi connectivity index (χ0n) is 12.3. The van der Waals surface area contributed by atoms with Crippen LogP contribution in [-0.2, 0) is 16.6 Å². The Morgan fingerprint density at radius 1 is 1.65 bits per heavy atom. The molecule has 0 aliphatic heterocycles. The molecule has 1 atom stereocenters. The molecule has 1 saturated carbocycles. The van der Waals surface area contributed by atoms with Gasteiger partial charge in [-0.2, -0.15) is 5.10 Å². The minimum atomic E-state index is -0.596. The second-order valence-electron chi connectivity index (χ2n) is 5.12. The molecule has 0 aromatic carbocycles. The SMILES string of the molecule is CCCNC(CSc1ncnn1C)(C(=O)OC)C1CC1. The summed E-state index contributed by atoms with van der Waals surface area (Å²) in [5, 5.41) is 8.29. The molecule has 20 heavy (non-hydrogen) atoms. The number of esters is 1. The average molecular weight is 298 g/mol. The number of aromatic nitrogens is 3. The number of carbonyl (C=O) groups is 1. The molecule has 1 aromatic heterocycles. The summed E-state index contributed by atoms with van der Waals surface area (Å²) in [5.41, 5.74) is -0.596. The number of nitrogens with zero attached hydrogens (tertiary/aromatic N) is 3. The molecular formula is C13H22N4O2S. The lowest BCUT2D eigenvalue weighted by atomic mass is 9.95. The molecule has 1 aliphatic rings. The van der Waals surface area contributed by atoms with E-state index in [1.807, 2.05) is 7.05 Å². The van der Waals surface area contributed by atoms with E-state index in [2.05, 4.69) is 22.3 Å². The van der Waals surface area contributed by atoms with Gasteiger partial charge in [0.15, 0.2) is 5.16 Å². The Labute approximate surface area is 123 Å². The van der Waals surface area contributed by atoms with Crippen molar-refractivity contribution < 1.29 is 9.53 Å². The maximum Gasteiger partial charge on any atom is 0.327 e. The van der Waals surface area contributed by atoms with E-state index in [1.165, 1.54) is 13.4 Å². The lowest BCUT2D eigenvalue weighted by molar-refractivity contribution is -0.148. The molecule has 7 heteroatoms. The van der Waals surface area contributed by atoms with Crippen molar-refractivity contribution in [2.45, 2.75) is 36.9 Å². The number of rotatable bonds is 8. The summed E-state index contributed by atoms with van der Waals surface area (Å²) in [5.74, 6) is 0.821. The van der Waals surface area contributed by atoms with Gasteiger partial charge in [0.2, 0.25) is 0 Å². The number of nitrogens with one attached hydrogen (secondary N) is 1. The third-order valence-corrected chi connectivity index (χ3v) is 4.84. The van der Waals surface area contributed by atoms with Crippen LogP contribution in [0.5, 0.6) is 0 Å². The van der Waals surface area contributed by atoms with Gasteiger partial charge in [-0.15, -0.1) is 0 Å². The predicted molar refractivity (Wildman–Crippen MR) is 77.5 cm³/mol. The molecule has 1 N–H and O–H groups in total. The number of hydrogen-bond acceptors (Lipinski definition) is 6. The summed E-state index contributed by atoms with van der Waals surface area (Å²) in [6.45, 7) is 2.91. The lowest BCUT2D eigenvalue weighted by Gasteiger charge is -2.31. The van der Waals surface area contributed by atoms with E-state index < -0.39 is 5.54 Å². The summed E-state index contributed by atoms with van der Waals surface area (Å²) in [7, 11) is 3.31. The first-order chi connectivity index (χ1) is 9.64. The number of thioether (sulfide) groups is 1. The molecule has 2 rings (SSSR count). The smallest absolute Gasteiger partial charge is 0.327 e. The minimum Gasteiger partial charge on any atom is -0.468 e. The van der Waals surface area contributed by atoms with Crippen LogP contribution < -0.4 is 5.32 Å².